The largest absolute Gasteiger partial charge is 0.378 e. The van der Waals surface area contributed by atoms with Crippen molar-refractivity contribution in [1.82, 2.24) is 4.98 Å². The van der Waals surface area contributed by atoms with Crippen LogP contribution in [-0.2, 0) is 0 Å². The third-order valence-electron chi connectivity index (χ3n) is 1.82. The lowest BCUT2D eigenvalue weighted by atomic mass is 10.2. The van der Waals surface area contributed by atoms with Gasteiger partial charge in [-0.1, -0.05) is 6.07 Å². The summed E-state index contributed by atoms with van der Waals surface area (Å²) in [4.78, 5) is 4.07. The van der Waals surface area contributed by atoms with Crippen molar-refractivity contribution in [3.05, 3.63) is 29.6 Å². The maximum Gasteiger partial charge on any atom is 0.142 e. The average Bonchev–Trinajstić information content (AvgIpc) is 2.27. The van der Waals surface area contributed by atoms with E-state index in [-0.39, 0.29) is 0 Å². The van der Waals surface area contributed by atoms with Crippen molar-refractivity contribution in [3.63, 3.8) is 0 Å². The van der Waals surface area contributed by atoms with Gasteiger partial charge in [0, 0.05) is 11.8 Å². The molecule has 2 atom stereocenters. The molecule has 3 nitrogen and oxygen atoms in total. The van der Waals surface area contributed by atoms with Gasteiger partial charge in [-0.25, -0.2) is 0 Å². The molecule has 5 heteroatoms. The van der Waals surface area contributed by atoms with Gasteiger partial charge in [0.25, 0.3) is 0 Å². The molecule has 2 unspecified atom stereocenters. The standard InChI is InChI=1S/C9H13NO2S2/c1-13-8(11)6-4-3-5-10-7(6)9(12)14-2/h3-5,8-9,11-12H,1-2H3. The summed E-state index contributed by atoms with van der Waals surface area (Å²) in [7, 11) is 0. The summed E-state index contributed by atoms with van der Waals surface area (Å²) in [5, 5.41) is 19.3. The van der Waals surface area contributed by atoms with Crippen molar-refractivity contribution in [2.45, 2.75) is 10.9 Å². The first kappa shape index (κ1) is 11.8. The molecule has 1 heterocycles. The number of pyridine rings is 1. The van der Waals surface area contributed by atoms with Crippen molar-refractivity contribution in [1.29, 1.82) is 0 Å². The maximum absolute atomic E-state index is 9.66. The summed E-state index contributed by atoms with van der Waals surface area (Å²) in [5.41, 5.74) is -0.0720. The first-order valence-electron chi connectivity index (χ1n) is 4.07. The SMILES string of the molecule is CSC(O)c1cccnc1C(O)SC. The van der Waals surface area contributed by atoms with E-state index < -0.39 is 10.9 Å². The van der Waals surface area contributed by atoms with E-state index in [4.69, 9.17) is 0 Å². The van der Waals surface area contributed by atoms with Crippen LogP contribution in [0.15, 0.2) is 18.3 Å². The third-order valence-corrected chi connectivity index (χ3v) is 3.19. The molecule has 0 aliphatic rings. The molecule has 1 aromatic rings. The Bertz CT molecular complexity index is 267. The van der Waals surface area contributed by atoms with Gasteiger partial charge in [0.1, 0.15) is 10.9 Å². The predicted molar refractivity (Wildman–Crippen MR) is 61.2 cm³/mol. The molecule has 0 aliphatic heterocycles. The lowest BCUT2D eigenvalue weighted by Gasteiger charge is -2.15. The zero-order valence-electron chi connectivity index (χ0n) is 8.04. The number of aromatic nitrogens is 1. The summed E-state index contributed by atoms with van der Waals surface area (Å²) in [5.74, 6) is 0. The smallest absolute Gasteiger partial charge is 0.142 e. The molecule has 0 radical (unpaired) electrons. The molecular weight excluding hydrogens is 218 g/mol. The average molecular weight is 231 g/mol. The fourth-order valence-electron chi connectivity index (χ4n) is 1.08. The highest BCUT2D eigenvalue weighted by Crippen LogP contribution is 2.31. The van der Waals surface area contributed by atoms with E-state index in [1.807, 2.05) is 6.26 Å². The maximum atomic E-state index is 9.66. The van der Waals surface area contributed by atoms with Gasteiger partial charge in [0.05, 0.1) is 5.69 Å². The summed E-state index contributed by atoms with van der Waals surface area (Å²) >= 11 is 2.61. The van der Waals surface area contributed by atoms with Crippen molar-refractivity contribution in [2.75, 3.05) is 12.5 Å². The Labute approximate surface area is 91.9 Å². The van der Waals surface area contributed by atoms with Gasteiger partial charge in [0.2, 0.25) is 0 Å². The summed E-state index contributed by atoms with van der Waals surface area (Å²) in [6.07, 6.45) is 5.23. The molecule has 0 aromatic carbocycles. The highest BCUT2D eigenvalue weighted by atomic mass is 32.2. The van der Waals surface area contributed by atoms with E-state index in [0.717, 1.165) is 0 Å². The Morgan fingerprint density at radius 1 is 1.21 bits per heavy atom. The number of hydrogen-bond acceptors (Lipinski definition) is 5. The molecule has 1 rings (SSSR count). The minimum Gasteiger partial charge on any atom is -0.378 e. The number of thioether (sulfide) groups is 2. The molecule has 0 saturated carbocycles. The Kier molecular flexibility index (Phi) is 4.74. The van der Waals surface area contributed by atoms with Crippen LogP contribution in [0.4, 0.5) is 0 Å². The highest BCUT2D eigenvalue weighted by molar-refractivity contribution is 7.99. The van der Waals surface area contributed by atoms with Gasteiger partial charge >= 0.3 is 0 Å². The van der Waals surface area contributed by atoms with Crippen LogP contribution in [0.25, 0.3) is 0 Å². The Morgan fingerprint density at radius 3 is 2.43 bits per heavy atom. The number of aliphatic hydroxyl groups is 2. The first-order valence-corrected chi connectivity index (χ1v) is 6.64. The molecule has 0 aliphatic carbocycles. The Morgan fingerprint density at radius 2 is 1.86 bits per heavy atom. The van der Waals surface area contributed by atoms with Crippen LogP contribution in [0, 0.1) is 0 Å². The molecule has 14 heavy (non-hydrogen) atoms. The molecule has 78 valence electrons. The monoisotopic (exact) mass is 231 g/mol. The van der Waals surface area contributed by atoms with E-state index in [9.17, 15) is 10.2 Å². The molecule has 0 saturated heterocycles. The number of aliphatic hydroxyl groups excluding tert-OH is 2. The second-order valence-electron chi connectivity index (χ2n) is 2.65. The second-order valence-corrected chi connectivity index (χ2v) is 4.49. The molecule has 0 spiro atoms. The zero-order valence-corrected chi connectivity index (χ0v) is 9.68. The van der Waals surface area contributed by atoms with E-state index >= 15 is 0 Å². The van der Waals surface area contributed by atoms with Gasteiger partial charge in [-0.3, -0.25) is 4.98 Å². The van der Waals surface area contributed by atoms with E-state index in [1.165, 1.54) is 23.5 Å². The van der Waals surface area contributed by atoms with Gasteiger partial charge in [-0.2, -0.15) is 0 Å². The van der Waals surface area contributed by atoms with Gasteiger partial charge < -0.3 is 10.2 Å². The van der Waals surface area contributed by atoms with E-state index in [1.54, 1.807) is 24.6 Å². The van der Waals surface area contributed by atoms with Crippen LogP contribution < -0.4 is 0 Å². The Hall–Kier alpha value is -0.230. The van der Waals surface area contributed by atoms with E-state index in [0.29, 0.717) is 11.3 Å². The molecule has 2 N–H and O–H groups in total. The predicted octanol–water partition coefficient (Wildman–Crippen LogP) is 1.79. The van der Waals surface area contributed by atoms with Crippen LogP contribution in [0.5, 0.6) is 0 Å². The zero-order chi connectivity index (χ0) is 10.6. The summed E-state index contributed by atoms with van der Waals surface area (Å²) in [6, 6.07) is 3.54. The van der Waals surface area contributed by atoms with Crippen molar-refractivity contribution in [2.24, 2.45) is 0 Å². The van der Waals surface area contributed by atoms with Crippen LogP contribution in [-0.4, -0.2) is 27.7 Å². The Balaban J connectivity index is 3.02. The van der Waals surface area contributed by atoms with Crippen LogP contribution >= 0.6 is 23.5 Å². The highest BCUT2D eigenvalue weighted by Gasteiger charge is 2.17. The van der Waals surface area contributed by atoms with E-state index in [2.05, 4.69) is 4.98 Å². The minimum atomic E-state index is -0.673. The first-order chi connectivity index (χ1) is 6.70. The lowest BCUT2D eigenvalue weighted by Crippen LogP contribution is -2.04. The minimum absolute atomic E-state index is 0.543. The topological polar surface area (TPSA) is 53.4 Å². The number of nitrogens with zero attached hydrogens (tertiary/aromatic N) is 1. The van der Waals surface area contributed by atoms with Crippen LogP contribution in [0.2, 0.25) is 0 Å². The number of hydrogen-bond donors (Lipinski definition) is 2. The molecule has 1 aromatic heterocycles. The van der Waals surface area contributed by atoms with Gasteiger partial charge in [0.15, 0.2) is 0 Å². The van der Waals surface area contributed by atoms with Crippen molar-refractivity contribution in [3.8, 4) is 0 Å². The quantitative estimate of drug-likeness (QED) is 0.774. The fraction of sp³-hybridized carbons (Fsp3) is 0.444. The third kappa shape index (κ3) is 2.63. The van der Waals surface area contributed by atoms with Gasteiger partial charge in [-0.15, -0.1) is 23.5 Å². The molecular formula is C9H13NO2S2. The van der Waals surface area contributed by atoms with Crippen molar-refractivity contribution >= 4 is 23.5 Å². The molecule has 0 bridgehead atoms. The summed E-state index contributed by atoms with van der Waals surface area (Å²) < 4.78 is 0. The molecule has 0 fully saturated rings. The normalized spacial score (nSPS) is 15.1. The lowest BCUT2D eigenvalue weighted by molar-refractivity contribution is 0.244. The van der Waals surface area contributed by atoms with Gasteiger partial charge in [-0.05, 0) is 18.6 Å². The van der Waals surface area contributed by atoms with Crippen LogP contribution in [0.1, 0.15) is 22.1 Å². The van der Waals surface area contributed by atoms with Crippen LogP contribution in [0.3, 0.4) is 0 Å². The van der Waals surface area contributed by atoms with Crippen molar-refractivity contribution < 1.29 is 10.2 Å². The number of rotatable bonds is 4. The second kappa shape index (κ2) is 5.60. The molecule has 0 amide bonds. The summed E-state index contributed by atoms with van der Waals surface area (Å²) in [6.45, 7) is 0. The fourth-order valence-corrected chi connectivity index (χ4v) is 1.96.